The number of hydrogen-bond acceptors (Lipinski definition) is 4. The molecule has 1 aromatic carbocycles. The Morgan fingerprint density at radius 2 is 2.12 bits per heavy atom. The summed E-state index contributed by atoms with van der Waals surface area (Å²) in [6.45, 7) is 6.78. The van der Waals surface area contributed by atoms with Crippen LogP contribution >= 0.6 is 11.6 Å². The summed E-state index contributed by atoms with van der Waals surface area (Å²) in [5.41, 5.74) is 3.52. The molecule has 0 unspecified atom stereocenters. The molecule has 1 aromatic heterocycles. The molecule has 1 atom stereocenters. The SMILES string of the molecule is CCc1nn(C[C@H](C)Cc2cc(Cl)ccc2C(=O)O)c2c1C(=O)NCC1(CCOCC1)C2. The fraction of sp³-hybridized carbons (Fsp3) is 0.542. The van der Waals surface area contributed by atoms with Crippen LogP contribution in [0.5, 0.6) is 0 Å². The number of ether oxygens (including phenoxy) is 1. The molecule has 0 bridgehead atoms. The molecule has 0 radical (unpaired) electrons. The van der Waals surface area contributed by atoms with Crippen molar-refractivity contribution in [3.05, 3.63) is 51.3 Å². The third-order valence-corrected chi connectivity index (χ3v) is 7.00. The predicted molar refractivity (Wildman–Crippen MR) is 121 cm³/mol. The van der Waals surface area contributed by atoms with Gasteiger partial charge in [0.1, 0.15) is 0 Å². The first kappa shape index (κ1) is 22.8. The highest BCUT2D eigenvalue weighted by Crippen LogP contribution is 2.37. The minimum absolute atomic E-state index is 0.00533. The van der Waals surface area contributed by atoms with Crippen molar-refractivity contribution in [1.29, 1.82) is 0 Å². The maximum absolute atomic E-state index is 13.0. The zero-order valence-corrected chi connectivity index (χ0v) is 19.4. The van der Waals surface area contributed by atoms with Gasteiger partial charge in [-0.05, 0) is 67.2 Å². The molecular weight excluding hydrogens is 430 g/mol. The van der Waals surface area contributed by atoms with Gasteiger partial charge in [-0.15, -0.1) is 0 Å². The van der Waals surface area contributed by atoms with Crippen LogP contribution < -0.4 is 5.32 Å². The van der Waals surface area contributed by atoms with Crippen LogP contribution in [0.3, 0.4) is 0 Å². The summed E-state index contributed by atoms with van der Waals surface area (Å²) in [7, 11) is 0. The Hall–Kier alpha value is -2.38. The van der Waals surface area contributed by atoms with Gasteiger partial charge in [0.2, 0.25) is 0 Å². The van der Waals surface area contributed by atoms with E-state index in [9.17, 15) is 14.7 Å². The number of fused-ring (bicyclic) bond motifs is 1. The van der Waals surface area contributed by atoms with E-state index in [0.29, 0.717) is 49.7 Å². The maximum atomic E-state index is 13.0. The van der Waals surface area contributed by atoms with Crippen molar-refractivity contribution in [2.24, 2.45) is 11.3 Å². The lowest BCUT2D eigenvalue weighted by Gasteiger charge is -2.36. The number of rotatable bonds is 6. The molecule has 1 spiro atoms. The normalized spacial score (nSPS) is 18.7. The molecule has 32 heavy (non-hydrogen) atoms. The second-order valence-electron chi connectivity index (χ2n) is 9.19. The standard InChI is InChI=1S/C24H30ClN3O4/c1-3-19-21-20(12-24(14-26-22(21)29)6-8-32-9-7-24)28(27-19)13-15(2)10-16-11-17(25)4-5-18(16)23(30)31/h4-5,11,15H,3,6-10,12-14H2,1-2H3,(H,26,29)(H,30,31)/t15-/m1/s1. The van der Waals surface area contributed by atoms with Crippen molar-refractivity contribution in [1.82, 2.24) is 15.1 Å². The van der Waals surface area contributed by atoms with Gasteiger partial charge in [-0.1, -0.05) is 25.4 Å². The van der Waals surface area contributed by atoms with Crippen LogP contribution in [-0.4, -0.2) is 46.5 Å². The van der Waals surface area contributed by atoms with Crippen LogP contribution in [0.25, 0.3) is 0 Å². The first-order valence-corrected chi connectivity index (χ1v) is 11.7. The number of carbonyl (C=O) groups excluding carboxylic acids is 1. The molecule has 1 fully saturated rings. The average molecular weight is 460 g/mol. The summed E-state index contributed by atoms with van der Waals surface area (Å²) >= 11 is 6.13. The van der Waals surface area contributed by atoms with E-state index in [4.69, 9.17) is 21.4 Å². The lowest BCUT2D eigenvalue weighted by atomic mass is 9.76. The van der Waals surface area contributed by atoms with E-state index < -0.39 is 5.97 Å². The maximum Gasteiger partial charge on any atom is 0.335 e. The molecule has 4 rings (SSSR count). The summed E-state index contributed by atoms with van der Waals surface area (Å²) in [6.07, 6.45) is 3.87. The minimum atomic E-state index is -0.955. The van der Waals surface area contributed by atoms with E-state index >= 15 is 0 Å². The number of nitrogens with zero attached hydrogens (tertiary/aromatic N) is 2. The smallest absolute Gasteiger partial charge is 0.335 e. The highest BCUT2D eigenvalue weighted by molar-refractivity contribution is 6.30. The molecule has 2 N–H and O–H groups in total. The number of benzene rings is 1. The zero-order valence-electron chi connectivity index (χ0n) is 18.6. The van der Waals surface area contributed by atoms with Crippen LogP contribution in [0, 0.1) is 11.3 Å². The molecule has 1 saturated heterocycles. The third-order valence-electron chi connectivity index (χ3n) is 6.76. The van der Waals surface area contributed by atoms with Crippen molar-refractivity contribution in [2.75, 3.05) is 19.8 Å². The summed E-state index contributed by atoms with van der Waals surface area (Å²) < 4.78 is 7.58. The number of carbonyl (C=O) groups is 2. The van der Waals surface area contributed by atoms with Crippen molar-refractivity contribution in [3.8, 4) is 0 Å². The van der Waals surface area contributed by atoms with E-state index in [-0.39, 0.29) is 22.8 Å². The molecule has 2 aliphatic heterocycles. The van der Waals surface area contributed by atoms with Crippen LogP contribution in [0.4, 0.5) is 0 Å². The van der Waals surface area contributed by atoms with Crippen LogP contribution in [-0.2, 0) is 30.5 Å². The molecule has 7 nitrogen and oxygen atoms in total. The minimum Gasteiger partial charge on any atom is -0.478 e. The highest BCUT2D eigenvalue weighted by Gasteiger charge is 2.39. The van der Waals surface area contributed by atoms with Gasteiger partial charge >= 0.3 is 5.97 Å². The fourth-order valence-corrected chi connectivity index (χ4v) is 5.19. The van der Waals surface area contributed by atoms with E-state index in [1.54, 1.807) is 18.2 Å². The van der Waals surface area contributed by atoms with Crippen molar-refractivity contribution < 1.29 is 19.4 Å². The summed E-state index contributed by atoms with van der Waals surface area (Å²) in [4.78, 5) is 24.6. The van der Waals surface area contributed by atoms with Gasteiger partial charge < -0.3 is 15.2 Å². The largest absolute Gasteiger partial charge is 0.478 e. The summed E-state index contributed by atoms with van der Waals surface area (Å²) in [5.74, 6) is -0.887. The molecular formula is C24H30ClN3O4. The molecule has 2 aromatic rings. The van der Waals surface area contributed by atoms with E-state index in [2.05, 4.69) is 12.2 Å². The quantitative estimate of drug-likeness (QED) is 0.686. The molecule has 0 aliphatic carbocycles. The number of nitrogens with one attached hydrogen (secondary N) is 1. The van der Waals surface area contributed by atoms with Gasteiger partial charge in [-0.2, -0.15) is 5.10 Å². The number of hydrogen-bond donors (Lipinski definition) is 2. The Labute approximate surface area is 193 Å². The number of halogens is 1. The third kappa shape index (κ3) is 4.55. The van der Waals surface area contributed by atoms with Crippen molar-refractivity contribution in [2.45, 2.75) is 52.5 Å². The molecule has 172 valence electrons. The number of amides is 1. The van der Waals surface area contributed by atoms with Gasteiger partial charge in [0, 0.05) is 31.3 Å². The first-order chi connectivity index (χ1) is 15.3. The van der Waals surface area contributed by atoms with E-state index in [1.165, 1.54) is 0 Å². The Bertz CT molecular complexity index is 1030. The van der Waals surface area contributed by atoms with Gasteiger partial charge in [0.25, 0.3) is 5.91 Å². The topological polar surface area (TPSA) is 93.5 Å². The Morgan fingerprint density at radius 1 is 1.38 bits per heavy atom. The molecule has 1 amide bonds. The molecule has 2 aliphatic rings. The summed E-state index contributed by atoms with van der Waals surface area (Å²) in [5, 5.41) is 18.0. The predicted octanol–water partition coefficient (Wildman–Crippen LogP) is 3.76. The number of aryl methyl sites for hydroxylation is 1. The lowest BCUT2D eigenvalue weighted by molar-refractivity contribution is 0.0152. The Kier molecular flexibility index (Phi) is 6.58. The Morgan fingerprint density at radius 3 is 2.81 bits per heavy atom. The average Bonchev–Trinajstić information content (AvgIpc) is 3.02. The molecule has 3 heterocycles. The van der Waals surface area contributed by atoms with Crippen LogP contribution in [0.2, 0.25) is 5.02 Å². The van der Waals surface area contributed by atoms with Gasteiger partial charge in [-0.25, -0.2) is 4.79 Å². The number of aromatic carboxylic acids is 1. The zero-order chi connectivity index (χ0) is 22.9. The van der Waals surface area contributed by atoms with Gasteiger partial charge in [0.15, 0.2) is 0 Å². The molecule has 8 heteroatoms. The number of aromatic nitrogens is 2. The second-order valence-corrected chi connectivity index (χ2v) is 9.63. The van der Waals surface area contributed by atoms with E-state index in [0.717, 1.165) is 36.2 Å². The number of carboxylic acid groups (broad SMARTS) is 1. The second kappa shape index (κ2) is 9.24. The number of carboxylic acids is 1. The summed E-state index contributed by atoms with van der Waals surface area (Å²) in [6, 6.07) is 4.89. The van der Waals surface area contributed by atoms with E-state index in [1.807, 2.05) is 11.6 Å². The van der Waals surface area contributed by atoms with Gasteiger partial charge in [-0.3, -0.25) is 9.48 Å². The first-order valence-electron chi connectivity index (χ1n) is 11.3. The highest BCUT2D eigenvalue weighted by atomic mass is 35.5. The van der Waals surface area contributed by atoms with Crippen LogP contribution in [0.15, 0.2) is 18.2 Å². The van der Waals surface area contributed by atoms with Crippen LogP contribution in [0.1, 0.15) is 64.4 Å². The molecule has 0 saturated carbocycles. The monoisotopic (exact) mass is 459 g/mol. The fourth-order valence-electron chi connectivity index (χ4n) is 5.00. The van der Waals surface area contributed by atoms with Crippen molar-refractivity contribution in [3.63, 3.8) is 0 Å². The lowest BCUT2D eigenvalue weighted by Crippen LogP contribution is -2.40. The van der Waals surface area contributed by atoms with Gasteiger partial charge in [0.05, 0.1) is 22.5 Å². The Balaban J connectivity index is 1.63. The van der Waals surface area contributed by atoms with Crippen molar-refractivity contribution >= 4 is 23.5 Å².